The maximum atomic E-state index is 12.6. The zero-order chi connectivity index (χ0) is 16.9. The first-order valence-corrected chi connectivity index (χ1v) is 9.09. The van der Waals surface area contributed by atoms with Crippen molar-refractivity contribution in [1.82, 2.24) is 4.90 Å². The predicted molar refractivity (Wildman–Crippen MR) is 94.7 cm³/mol. The van der Waals surface area contributed by atoms with Gasteiger partial charge in [0.25, 0.3) is 0 Å². The molecule has 3 rings (SSSR count). The Balaban J connectivity index is 1.54. The Morgan fingerprint density at radius 3 is 2.46 bits per heavy atom. The van der Waals surface area contributed by atoms with Gasteiger partial charge in [-0.05, 0) is 59.5 Å². The maximum Gasteiger partial charge on any atom is 0.227 e. The van der Waals surface area contributed by atoms with Crippen LogP contribution in [0.25, 0.3) is 0 Å². The van der Waals surface area contributed by atoms with Crippen LogP contribution in [0.5, 0.6) is 5.75 Å². The summed E-state index contributed by atoms with van der Waals surface area (Å²) < 4.78 is 5.12. The monoisotopic (exact) mass is 343 g/mol. The first-order valence-electron chi connectivity index (χ1n) is 8.14. The van der Waals surface area contributed by atoms with E-state index in [0.29, 0.717) is 19.5 Å². The van der Waals surface area contributed by atoms with Gasteiger partial charge in [-0.2, -0.15) is 11.3 Å². The van der Waals surface area contributed by atoms with Crippen molar-refractivity contribution in [2.45, 2.75) is 19.3 Å². The van der Waals surface area contributed by atoms with E-state index in [4.69, 9.17) is 4.74 Å². The van der Waals surface area contributed by atoms with Gasteiger partial charge in [0.15, 0.2) is 5.78 Å². The molecule has 0 bridgehead atoms. The summed E-state index contributed by atoms with van der Waals surface area (Å²) in [6.07, 6.45) is 1.93. The van der Waals surface area contributed by atoms with Crippen molar-refractivity contribution >= 4 is 23.0 Å². The van der Waals surface area contributed by atoms with Crippen molar-refractivity contribution in [2.24, 2.45) is 5.92 Å². The number of piperidine rings is 1. The second-order valence-electron chi connectivity index (χ2n) is 6.06. The molecule has 2 aromatic rings. The van der Waals surface area contributed by atoms with E-state index in [1.54, 1.807) is 18.4 Å². The third kappa shape index (κ3) is 3.85. The normalized spacial score (nSPS) is 15.3. The molecular formula is C19H21NO3S. The Hall–Kier alpha value is -2.14. The highest BCUT2D eigenvalue weighted by Gasteiger charge is 2.27. The van der Waals surface area contributed by atoms with Crippen LogP contribution in [0.4, 0.5) is 0 Å². The molecule has 1 amide bonds. The lowest BCUT2D eigenvalue weighted by Gasteiger charge is -2.31. The minimum atomic E-state index is 0.00333. The minimum absolute atomic E-state index is 0.00333. The van der Waals surface area contributed by atoms with Crippen LogP contribution in [0.2, 0.25) is 0 Å². The van der Waals surface area contributed by atoms with Gasteiger partial charge in [-0.25, -0.2) is 0 Å². The van der Waals surface area contributed by atoms with Gasteiger partial charge in [0.2, 0.25) is 5.91 Å². The van der Waals surface area contributed by atoms with E-state index in [9.17, 15) is 9.59 Å². The number of ether oxygens (including phenoxy) is 1. The fourth-order valence-electron chi connectivity index (χ4n) is 3.06. The van der Waals surface area contributed by atoms with Gasteiger partial charge in [0.05, 0.1) is 13.5 Å². The summed E-state index contributed by atoms with van der Waals surface area (Å²) in [5, 5.41) is 4.00. The molecule has 24 heavy (non-hydrogen) atoms. The average Bonchev–Trinajstić information content (AvgIpc) is 3.14. The zero-order valence-corrected chi connectivity index (χ0v) is 14.6. The van der Waals surface area contributed by atoms with Crippen LogP contribution in [0.1, 0.15) is 28.8 Å². The molecule has 126 valence electrons. The summed E-state index contributed by atoms with van der Waals surface area (Å²) in [4.78, 5) is 26.8. The van der Waals surface area contributed by atoms with Gasteiger partial charge in [0.1, 0.15) is 5.75 Å². The first-order chi connectivity index (χ1) is 11.7. The van der Waals surface area contributed by atoms with Gasteiger partial charge < -0.3 is 9.64 Å². The van der Waals surface area contributed by atoms with Crippen molar-refractivity contribution < 1.29 is 14.3 Å². The Labute approximate surface area is 146 Å². The van der Waals surface area contributed by atoms with E-state index in [1.807, 2.05) is 46.0 Å². The number of methoxy groups -OCH3 is 1. The highest BCUT2D eigenvalue weighted by atomic mass is 32.1. The highest BCUT2D eigenvalue weighted by molar-refractivity contribution is 7.08. The van der Waals surface area contributed by atoms with E-state index in [-0.39, 0.29) is 17.6 Å². The van der Waals surface area contributed by atoms with Gasteiger partial charge in [-0.1, -0.05) is 0 Å². The smallest absolute Gasteiger partial charge is 0.227 e. The van der Waals surface area contributed by atoms with Crippen LogP contribution < -0.4 is 4.74 Å². The largest absolute Gasteiger partial charge is 0.497 e. The summed E-state index contributed by atoms with van der Waals surface area (Å²) in [5.74, 6) is 1.08. The molecule has 1 aliphatic heterocycles. The minimum Gasteiger partial charge on any atom is -0.497 e. The van der Waals surface area contributed by atoms with Gasteiger partial charge >= 0.3 is 0 Å². The fourth-order valence-corrected chi connectivity index (χ4v) is 3.73. The summed E-state index contributed by atoms with van der Waals surface area (Å²) in [5.41, 5.74) is 1.79. The molecule has 4 nitrogen and oxygen atoms in total. The van der Waals surface area contributed by atoms with Gasteiger partial charge in [-0.15, -0.1) is 0 Å². The number of hydrogen-bond acceptors (Lipinski definition) is 4. The number of carbonyl (C=O) groups excluding carboxylic acids is 2. The van der Waals surface area contributed by atoms with Gasteiger partial charge in [0, 0.05) is 24.6 Å². The number of ketones is 1. The number of likely N-dealkylation sites (tertiary alicyclic amines) is 1. The molecule has 1 fully saturated rings. The van der Waals surface area contributed by atoms with E-state index in [1.165, 1.54) is 0 Å². The molecule has 0 saturated carbocycles. The predicted octanol–water partition coefficient (Wildman–Crippen LogP) is 3.42. The molecule has 0 spiro atoms. The molecule has 1 aromatic carbocycles. The second-order valence-corrected chi connectivity index (χ2v) is 6.84. The van der Waals surface area contributed by atoms with Gasteiger partial charge in [-0.3, -0.25) is 9.59 Å². The molecule has 5 heteroatoms. The zero-order valence-electron chi connectivity index (χ0n) is 13.7. The quantitative estimate of drug-likeness (QED) is 0.782. The highest BCUT2D eigenvalue weighted by Crippen LogP contribution is 2.23. The average molecular weight is 343 g/mol. The molecule has 0 radical (unpaired) electrons. The Kier molecular flexibility index (Phi) is 5.30. The summed E-state index contributed by atoms with van der Waals surface area (Å²) in [6, 6.07) is 9.24. The van der Waals surface area contributed by atoms with Crippen LogP contribution in [0.15, 0.2) is 41.1 Å². The molecule has 1 aromatic heterocycles. The molecule has 0 N–H and O–H groups in total. The molecule has 0 unspecified atom stereocenters. The summed E-state index contributed by atoms with van der Waals surface area (Å²) in [7, 11) is 1.61. The standard InChI is InChI=1S/C19H21NO3S/c1-23-17-4-2-15(3-5-17)19(22)16-6-9-20(10-7-16)18(21)12-14-8-11-24-13-14/h2-5,8,11,13,16H,6-7,9-10,12H2,1H3. The van der Waals surface area contributed by atoms with E-state index in [0.717, 1.165) is 29.7 Å². The fraction of sp³-hybridized carbons (Fsp3) is 0.368. The molecule has 1 saturated heterocycles. The second kappa shape index (κ2) is 7.62. The van der Waals surface area contributed by atoms with Crippen LogP contribution in [0, 0.1) is 5.92 Å². The van der Waals surface area contributed by atoms with E-state index in [2.05, 4.69) is 0 Å². The van der Waals surface area contributed by atoms with Crippen LogP contribution in [-0.2, 0) is 11.2 Å². The number of hydrogen-bond donors (Lipinski definition) is 0. The SMILES string of the molecule is COc1ccc(C(=O)C2CCN(C(=O)Cc3ccsc3)CC2)cc1. The number of Topliss-reactive ketones (excluding diaryl/α,β-unsaturated/α-hetero) is 1. The van der Waals surface area contributed by atoms with E-state index < -0.39 is 0 Å². The molecule has 1 aliphatic rings. The number of amides is 1. The number of carbonyl (C=O) groups is 2. The third-order valence-electron chi connectivity index (χ3n) is 4.53. The first kappa shape index (κ1) is 16.7. The molecular weight excluding hydrogens is 322 g/mol. The Morgan fingerprint density at radius 1 is 1.17 bits per heavy atom. The molecule has 2 heterocycles. The van der Waals surface area contributed by atoms with Crippen molar-refractivity contribution in [1.29, 1.82) is 0 Å². The number of nitrogens with zero attached hydrogens (tertiary/aromatic N) is 1. The summed E-state index contributed by atoms with van der Waals surface area (Å²) >= 11 is 1.61. The van der Waals surface area contributed by atoms with Crippen molar-refractivity contribution in [3.8, 4) is 5.75 Å². The van der Waals surface area contributed by atoms with Crippen LogP contribution in [0.3, 0.4) is 0 Å². The van der Waals surface area contributed by atoms with Crippen molar-refractivity contribution in [2.75, 3.05) is 20.2 Å². The number of thiophene rings is 1. The lowest BCUT2D eigenvalue weighted by molar-refractivity contribution is -0.131. The lowest BCUT2D eigenvalue weighted by Crippen LogP contribution is -2.41. The maximum absolute atomic E-state index is 12.6. The van der Waals surface area contributed by atoms with Crippen molar-refractivity contribution in [3.63, 3.8) is 0 Å². The van der Waals surface area contributed by atoms with Crippen molar-refractivity contribution in [3.05, 3.63) is 52.2 Å². The van der Waals surface area contributed by atoms with Crippen LogP contribution >= 0.6 is 11.3 Å². The Bertz CT molecular complexity index is 686. The topological polar surface area (TPSA) is 46.6 Å². The molecule has 0 aliphatic carbocycles. The lowest BCUT2D eigenvalue weighted by atomic mass is 9.88. The Morgan fingerprint density at radius 2 is 1.88 bits per heavy atom. The third-order valence-corrected chi connectivity index (χ3v) is 5.26. The van der Waals surface area contributed by atoms with Crippen LogP contribution in [-0.4, -0.2) is 36.8 Å². The van der Waals surface area contributed by atoms with E-state index >= 15 is 0 Å². The molecule has 0 atom stereocenters. The number of rotatable bonds is 5. The summed E-state index contributed by atoms with van der Waals surface area (Å²) in [6.45, 7) is 1.32. The number of benzene rings is 1.